The van der Waals surface area contributed by atoms with Crippen molar-refractivity contribution in [3.8, 4) is 11.5 Å². The number of rotatable bonds is 4. The molecule has 0 unspecified atom stereocenters. The first-order valence-electron chi connectivity index (χ1n) is 7.87. The Morgan fingerprint density at radius 2 is 1.86 bits per heavy atom. The number of amides is 1. The zero-order chi connectivity index (χ0) is 20.6. The molecule has 0 saturated heterocycles. The van der Waals surface area contributed by atoms with E-state index < -0.39 is 16.0 Å². The second-order valence-electron chi connectivity index (χ2n) is 5.88. The van der Waals surface area contributed by atoms with E-state index in [1.54, 1.807) is 25.1 Å². The number of ether oxygens (including phenoxy) is 1. The molecule has 1 heterocycles. The molecule has 3 rings (SSSR count). The van der Waals surface area contributed by atoms with Crippen molar-refractivity contribution in [2.24, 2.45) is 5.10 Å². The lowest BCUT2D eigenvalue weighted by atomic mass is 10.1. The topological polar surface area (TPSA) is 116 Å². The molecule has 2 aromatic carbocycles. The number of benzene rings is 2. The summed E-state index contributed by atoms with van der Waals surface area (Å²) in [6.45, 7) is 1.67. The van der Waals surface area contributed by atoms with Crippen molar-refractivity contribution in [2.75, 3.05) is 12.1 Å². The summed E-state index contributed by atoms with van der Waals surface area (Å²) in [6.07, 6.45) is 1.61. The number of hydrogen-bond acceptors (Lipinski definition) is 6. The zero-order valence-electron chi connectivity index (χ0n) is 14.7. The Hall–Kier alpha value is -2.69. The average molecular weight is 467 g/mol. The van der Waals surface area contributed by atoms with Crippen molar-refractivity contribution in [1.82, 2.24) is 0 Å². The Bertz CT molecular complexity index is 1120. The van der Waals surface area contributed by atoms with E-state index in [1.165, 1.54) is 31.4 Å². The minimum absolute atomic E-state index is 0.0478. The molecule has 0 bridgehead atoms. The lowest BCUT2D eigenvalue weighted by Crippen LogP contribution is -2.21. The highest BCUT2D eigenvalue weighted by Gasteiger charge is 2.29. The Morgan fingerprint density at radius 1 is 1.21 bits per heavy atom. The predicted octanol–water partition coefficient (Wildman–Crippen LogP) is 3.22. The maximum Gasteiger partial charge on any atom is 0.294 e. The fourth-order valence-electron chi connectivity index (χ4n) is 2.62. The number of phenolic OH excluding ortho intramolecular Hbond substituents is 1. The number of hydrogen-bond donors (Lipinski definition) is 2. The van der Waals surface area contributed by atoms with Gasteiger partial charge in [-0.15, -0.1) is 0 Å². The first-order chi connectivity index (χ1) is 13.1. The van der Waals surface area contributed by atoms with Gasteiger partial charge in [0.1, 0.15) is 0 Å². The number of aromatic hydroxyl groups is 1. The van der Waals surface area contributed by atoms with Gasteiger partial charge in [-0.1, -0.05) is 0 Å². The molecule has 0 aliphatic carbocycles. The molecule has 1 aliphatic heterocycles. The maximum atomic E-state index is 12.8. The van der Waals surface area contributed by atoms with Crippen molar-refractivity contribution in [3.63, 3.8) is 0 Å². The molecule has 8 nitrogen and oxygen atoms in total. The molecule has 0 aromatic heterocycles. The van der Waals surface area contributed by atoms with Crippen LogP contribution in [-0.4, -0.2) is 36.8 Å². The summed E-state index contributed by atoms with van der Waals surface area (Å²) in [6, 6.07) is 8.34. The van der Waals surface area contributed by atoms with E-state index in [2.05, 4.69) is 21.0 Å². The maximum absolute atomic E-state index is 12.8. The fraction of sp³-hybridized carbons (Fsp3) is 0.111. The van der Waals surface area contributed by atoms with Gasteiger partial charge in [0.2, 0.25) is 0 Å². The van der Waals surface area contributed by atoms with Crippen LogP contribution in [0.1, 0.15) is 12.5 Å². The zero-order valence-corrected chi connectivity index (χ0v) is 17.2. The van der Waals surface area contributed by atoms with Gasteiger partial charge >= 0.3 is 0 Å². The second kappa shape index (κ2) is 7.38. The molecule has 0 spiro atoms. The Morgan fingerprint density at radius 3 is 2.43 bits per heavy atom. The van der Waals surface area contributed by atoms with Gasteiger partial charge in [-0.3, -0.25) is 9.35 Å². The number of hydrazone groups is 1. The molecular weight excluding hydrogens is 452 g/mol. The van der Waals surface area contributed by atoms with Gasteiger partial charge in [-0.2, -0.15) is 18.5 Å². The molecule has 0 fully saturated rings. The minimum atomic E-state index is -4.32. The molecule has 2 aromatic rings. The Balaban J connectivity index is 1.95. The number of anilines is 1. The van der Waals surface area contributed by atoms with Crippen molar-refractivity contribution < 1.29 is 27.6 Å². The number of carbonyl (C=O) groups excluding carboxylic acids is 1. The lowest BCUT2D eigenvalue weighted by Gasteiger charge is -2.12. The van der Waals surface area contributed by atoms with Crippen molar-refractivity contribution in [2.45, 2.75) is 11.8 Å². The third kappa shape index (κ3) is 3.79. The van der Waals surface area contributed by atoms with Crippen LogP contribution in [0.4, 0.5) is 5.69 Å². The van der Waals surface area contributed by atoms with Gasteiger partial charge in [0.15, 0.2) is 11.5 Å². The normalized spacial score (nSPS) is 15.9. The first kappa shape index (κ1) is 20.1. The number of nitrogens with zero attached hydrogens (tertiary/aromatic N) is 2. The summed E-state index contributed by atoms with van der Waals surface area (Å²) in [5.41, 5.74) is 1.76. The number of halogens is 1. The van der Waals surface area contributed by atoms with Crippen LogP contribution in [0.25, 0.3) is 6.08 Å². The van der Waals surface area contributed by atoms with Gasteiger partial charge < -0.3 is 9.84 Å². The van der Waals surface area contributed by atoms with Gasteiger partial charge in [-0.25, -0.2) is 0 Å². The minimum Gasteiger partial charge on any atom is -0.503 e. The van der Waals surface area contributed by atoms with E-state index in [-0.39, 0.29) is 16.4 Å². The highest BCUT2D eigenvalue weighted by molar-refractivity contribution is 9.10. The SMILES string of the molecule is COc1cc(C=C2C(=O)N(c3ccc(S(=O)(=O)O)cc3)N=C2C)cc(Br)c1O. The largest absolute Gasteiger partial charge is 0.503 e. The molecule has 1 amide bonds. The number of carbonyl (C=O) groups is 1. The third-order valence-corrected chi connectivity index (χ3v) is 5.50. The quantitative estimate of drug-likeness (QED) is 0.527. The van der Waals surface area contributed by atoms with Crippen molar-refractivity contribution >= 4 is 49.4 Å². The molecule has 0 radical (unpaired) electrons. The third-order valence-electron chi connectivity index (χ3n) is 4.02. The van der Waals surface area contributed by atoms with Gasteiger partial charge in [-0.05, 0) is 70.9 Å². The highest BCUT2D eigenvalue weighted by atomic mass is 79.9. The summed E-state index contributed by atoms with van der Waals surface area (Å²) in [4.78, 5) is 12.5. The number of methoxy groups -OCH3 is 1. The fourth-order valence-corrected chi connectivity index (χ4v) is 3.56. The van der Waals surface area contributed by atoms with Crippen LogP contribution in [0.2, 0.25) is 0 Å². The van der Waals surface area contributed by atoms with Gasteiger partial charge in [0.05, 0.1) is 33.5 Å². The standard InChI is InChI=1S/C18H15BrN2O6S/c1-10-14(7-11-8-15(19)17(22)16(9-11)27-2)18(23)21(20-10)12-3-5-13(6-4-12)28(24,25)26/h3-9,22H,1-2H3,(H,24,25,26). The summed E-state index contributed by atoms with van der Waals surface area (Å²) < 4.78 is 36.9. The molecule has 2 N–H and O–H groups in total. The Labute approximate surface area is 169 Å². The van der Waals surface area contributed by atoms with Crippen LogP contribution in [0.15, 0.2) is 56.4 Å². The molecule has 10 heteroatoms. The monoisotopic (exact) mass is 466 g/mol. The van der Waals surface area contributed by atoms with Gasteiger partial charge in [0, 0.05) is 0 Å². The summed E-state index contributed by atoms with van der Waals surface area (Å²) in [5.74, 6) is -0.201. The van der Waals surface area contributed by atoms with Gasteiger partial charge in [0.25, 0.3) is 16.0 Å². The summed E-state index contributed by atoms with van der Waals surface area (Å²) >= 11 is 3.23. The van der Waals surface area contributed by atoms with Crippen LogP contribution in [0, 0.1) is 0 Å². The van der Waals surface area contributed by atoms with E-state index >= 15 is 0 Å². The van der Waals surface area contributed by atoms with Crippen molar-refractivity contribution in [3.05, 3.63) is 52.0 Å². The molecule has 28 heavy (non-hydrogen) atoms. The highest BCUT2D eigenvalue weighted by Crippen LogP contribution is 2.36. The molecular formula is C18H15BrN2O6S. The Kier molecular flexibility index (Phi) is 5.28. The van der Waals surface area contributed by atoms with E-state index in [1.807, 2.05) is 0 Å². The summed E-state index contributed by atoms with van der Waals surface area (Å²) in [7, 11) is -2.90. The molecule has 0 saturated carbocycles. The van der Waals surface area contributed by atoms with E-state index in [0.29, 0.717) is 27.0 Å². The van der Waals surface area contributed by atoms with E-state index in [9.17, 15) is 18.3 Å². The lowest BCUT2D eigenvalue weighted by molar-refractivity contribution is -0.114. The van der Waals surface area contributed by atoms with Crippen LogP contribution >= 0.6 is 15.9 Å². The average Bonchev–Trinajstić information content (AvgIpc) is 2.92. The summed E-state index contributed by atoms with van der Waals surface area (Å²) in [5, 5.41) is 15.3. The van der Waals surface area contributed by atoms with E-state index in [4.69, 9.17) is 9.29 Å². The first-order valence-corrected chi connectivity index (χ1v) is 10.1. The second-order valence-corrected chi connectivity index (χ2v) is 8.16. The molecule has 1 aliphatic rings. The van der Waals surface area contributed by atoms with Crippen LogP contribution < -0.4 is 9.75 Å². The smallest absolute Gasteiger partial charge is 0.294 e. The predicted molar refractivity (Wildman–Crippen MR) is 107 cm³/mol. The molecule has 146 valence electrons. The number of phenols is 1. The van der Waals surface area contributed by atoms with Crippen LogP contribution in [-0.2, 0) is 14.9 Å². The van der Waals surface area contributed by atoms with Crippen LogP contribution in [0.3, 0.4) is 0 Å². The van der Waals surface area contributed by atoms with Crippen molar-refractivity contribution in [1.29, 1.82) is 0 Å². The molecule has 0 atom stereocenters. The van der Waals surface area contributed by atoms with Crippen LogP contribution in [0.5, 0.6) is 11.5 Å². The van der Waals surface area contributed by atoms with E-state index in [0.717, 1.165) is 5.01 Å².